The molecule has 1 aromatic heterocycles. The predicted molar refractivity (Wildman–Crippen MR) is 102 cm³/mol. The second-order valence-electron chi connectivity index (χ2n) is 6.66. The summed E-state index contributed by atoms with van der Waals surface area (Å²) in [6, 6.07) is 14.0. The highest BCUT2D eigenvalue weighted by Gasteiger charge is 2.25. The number of hydrogen-bond donors (Lipinski definition) is 1. The Bertz CT molecular complexity index is 637. The number of para-hydroxylation sites is 1. The molecule has 25 heavy (non-hydrogen) atoms. The summed E-state index contributed by atoms with van der Waals surface area (Å²) in [7, 11) is 0. The summed E-state index contributed by atoms with van der Waals surface area (Å²) in [5.41, 5.74) is 0. The van der Waals surface area contributed by atoms with Gasteiger partial charge in [-0.2, -0.15) is 0 Å². The fraction of sp³-hybridized carbons (Fsp3) is 0.450. The average Bonchev–Trinajstić information content (AvgIpc) is 3.17. The van der Waals surface area contributed by atoms with Crippen LogP contribution < -0.4 is 10.1 Å². The Morgan fingerprint density at radius 2 is 2.00 bits per heavy atom. The smallest absolute Gasteiger partial charge is 0.258 e. The fourth-order valence-corrected chi connectivity index (χ4v) is 4.02. The quantitative estimate of drug-likeness (QED) is 0.820. The van der Waals surface area contributed by atoms with Crippen LogP contribution in [0.4, 0.5) is 0 Å². The Morgan fingerprint density at radius 3 is 2.68 bits per heavy atom. The highest BCUT2D eigenvalue weighted by molar-refractivity contribution is 7.10. The van der Waals surface area contributed by atoms with Crippen LogP contribution in [0.5, 0.6) is 5.75 Å². The molecular formula is C20H26N2O2S. The first kappa shape index (κ1) is 18.0. The zero-order chi connectivity index (χ0) is 17.5. The molecule has 2 heterocycles. The summed E-state index contributed by atoms with van der Waals surface area (Å²) < 4.78 is 5.53. The van der Waals surface area contributed by atoms with Crippen molar-refractivity contribution in [3.8, 4) is 5.75 Å². The van der Waals surface area contributed by atoms with E-state index in [2.05, 4.69) is 34.7 Å². The lowest BCUT2D eigenvalue weighted by Gasteiger charge is -2.36. The van der Waals surface area contributed by atoms with Crippen molar-refractivity contribution in [3.63, 3.8) is 0 Å². The van der Waals surface area contributed by atoms with E-state index in [-0.39, 0.29) is 18.6 Å². The van der Waals surface area contributed by atoms with Crippen molar-refractivity contribution < 1.29 is 9.53 Å². The summed E-state index contributed by atoms with van der Waals surface area (Å²) >= 11 is 1.76. The number of ether oxygens (including phenoxy) is 1. The van der Waals surface area contributed by atoms with Gasteiger partial charge in [-0.3, -0.25) is 9.69 Å². The Labute approximate surface area is 153 Å². The lowest BCUT2D eigenvalue weighted by Crippen LogP contribution is -2.42. The van der Waals surface area contributed by atoms with E-state index in [0.29, 0.717) is 6.54 Å². The number of amides is 1. The predicted octanol–water partition coefficient (Wildman–Crippen LogP) is 3.72. The molecule has 1 atom stereocenters. The van der Waals surface area contributed by atoms with Gasteiger partial charge in [-0.25, -0.2) is 0 Å². The van der Waals surface area contributed by atoms with E-state index < -0.39 is 0 Å². The molecule has 1 saturated heterocycles. The Balaban J connectivity index is 1.52. The molecule has 1 aliphatic heterocycles. The van der Waals surface area contributed by atoms with E-state index in [1.165, 1.54) is 17.7 Å². The molecule has 0 saturated carbocycles. The van der Waals surface area contributed by atoms with E-state index >= 15 is 0 Å². The first-order chi connectivity index (χ1) is 12.2. The standard InChI is InChI=1S/C20H26N2O2S/c1-16-9-11-22(12-10-16)18(19-8-5-13-25-19)14-21-20(23)15-24-17-6-3-2-4-7-17/h2-8,13,16,18H,9-12,14-15H2,1H3,(H,21,23)/t18-/m0/s1. The first-order valence-electron chi connectivity index (χ1n) is 8.94. The molecule has 3 rings (SSSR count). The van der Waals surface area contributed by atoms with Crippen molar-refractivity contribution in [2.24, 2.45) is 5.92 Å². The molecule has 1 N–H and O–H groups in total. The Morgan fingerprint density at radius 1 is 1.24 bits per heavy atom. The van der Waals surface area contributed by atoms with Gasteiger partial charge in [-0.1, -0.05) is 31.2 Å². The van der Waals surface area contributed by atoms with Crippen molar-refractivity contribution in [2.45, 2.75) is 25.8 Å². The minimum absolute atomic E-state index is 0.0538. The molecule has 1 aliphatic rings. The van der Waals surface area contributed by atoms with Crippen molar-refractivity contribution in [1.82, 2.24) is 10.2 Å². The second-order valence-corrected chi connectivity index (χ2v) is 7.63. The molecule has 134 valence electrons. The number of thiophene rings is 1. The molecule has 0 unspecified atom stereocenters. The van der Waals surface area contributed by atoms with E-state index in [4.69, 9.17) is 4.74 Å². The lowest BCUT2D eigenvalue weighted by molar-refractivity contribution is -0.123. The van der Waals surface area contributed by atoms with Crippen LogP contribution in [0, 0.1) is 5.92 Å². The first-order valence-corrected chi connectivity index (χ1v) is 9.82. The highest BCUT2D eigenvalue weighted by atomic mass is 32.1. The van der Waals surface area contributed by atoms with Crippen molar-refractivity contribution in [2.75, 3.05) is 26.2 Å². The van der Waals surface area contributed by atoms with E-state index in [0.717, 1.165) is 24.8 Å². The van der Waals surface area contributed by atoms with E-state index in [1.54, 1.807) is 11.3 Å². The van der Waals surface area contributed by atoms with Crippen molar-refractivity contribution >= 4 is 17.2 Å². The van der Waals surface area contributed by atoms with Gasteiger partial charge >= 0.3 is 0 Å². The molecule has 0 bridgehead atoms. The van der Waals surface area contributed by atoms with E-state index in [9.17, 15) is 4.79 Å². The zero-order valence-electron chi connectivity index (χ0n) is 14.7. The Kier molecular flexibility index (Phi) is 6.48. The maximum Gasteiger partial charge on any atom is 0.258 e. The van der Waals surface area contributed by atoms with Crippen LogP contribution in [0.25, 0.3) is 0 Å². The van der Waals surface area contributed by atoms with Crippen LogP contribution in [0.15, 0.2) is 47.8 Å². The molecule has 0 aliphatic carbocycles. The van der Waals surface area contributed by atoms with Gasteiger partial charge in [0.2, 0.25) is 0 Å². The summed E-state index contributed by atoms with van der Waals surface area (Å²) in [5, 5.41) is 5.16. The number of carbonyl (C=O) groups excluding carboxylic acids is 1. The normalized spacial score (nSPS) is 17.2. The minimum atomic E-state index is -0.0733. The van der Waals surface area contributed by atoms with Gasteiger partial charge in [-0.15, -0.1) is 11.3 Å². The van der Waals surface area contributed by atoms with Crippen LogP contribution in [-0.4, -0.2) is 37.0 Å². The minimum Gasteiger partial charge on any atom is -0.484 e. The Hall–Kier alpha value is -1.85. The molecule has 2 aromatic rings. The van der Waals surface area contributed by atoms with Gasteiger partial charge in [0.15, 0.2) is 6.61 Å². The molecule has 0 spiro atoms. The molecule has 1 fully saturated rings. The van der Waals surface area contributed by atoms with Gasteiger partial charge in [0.25, 0.3) is 5.91 Å². The fourth-order valence-electron chi connectivity index (χ4n) is 3.16. The number of rotatable bonds is 7. The van der Waals surface area contributed by atoms with Crippen LogP contribution in [-0.2, 0) is 4.79 Å². The maximum atomic E-state index is 12.2. The average molecular weight is 359 g/mol. The molecule has 1 aromatic carbocycles. The van der Waals surface area contributed by atoms with Crippen molar-refractivity contribution in [1.29, 1.82) is 0 Å². The van der Waals surface area contributed by atoms with Gasteiger partial charge in [0.1, 0.15) is 5.75 Å². The molecular weight excluding hydrogens is 332 g/mol. The summed E-state index contributed by atoms with van der Waals surface area (Å²) in [4.78, 5) is 16.0. The number of likely N-dealkylation sites (tertiary alicyclic amines) is 1. The van der Waals surface area contributed by atoms with Crippen LogP contribution in [0.2, 0.25) is 0 Å². The third-order valence-electron chi connectivity index (χ3n) is 4.74. The summed E-state index contributed by atoms with van der Waals surface area (Å²) in [5.74, 6) is 1.45. The second kappa shape index (κ2) is 9.02. The number of nitrogens with zero attached hydrogens (tertiary/aromatic N) is 1. The van der Waals surface area contributed by atoms with E-state index in [1.807, 2.05) is 30.3 Å². The van der Waals surface area contributed by atoms with Gasteiger partial charge in [0, 0.05) is 11.4 Å². The SMILES string of the molecule is CC1CCN([C@@H](CNC(=O)COc2ccccc2)c2cccs2)CC1. The number of nitrogens with one attached hydrogen (secondary N) is 1. The number of piperidine rings is 1. The molecule has 4 nitrogen and oxygen atoms in total. The maximum absolute atomic E-state index is 12.2. The van der Waals surface area contributed by atoms with Gasteiger partial charge in [0.05, 0.1) is 6.04 Å². The number of carbonyl (C=O) groups is 1. The van der Waals surface area contributed by atoms with Gasteiger partial charge in [-0.05, 0) is 55.4 Å². The largest absolute Gasteiger partial charge is 0.484 e. The highest BCUT2D eigenvalue weighted by Crippen LogP contribution is 2.29. The third-order valence-corrected chi connectivity index (χ3v) is 5.71. The third kappa shape index (κ3) is 5.31. The molecule has 5 heteroatoms. The van der Waals surface area contributed by atoms with Crippen LogP contribution in [0.3, 0.4) is 0 Å². The van der Waals surface area contributed by atoms with Crippen molar-refractivity contribution in [3.05, 3.63) is 52.7 Å². The topological polar surface area (TPSA) is 41.6 Å². The van der Waals surface area contributed by atoms with Crippen LogP contribution >= 0.6 is 11.3 Å². The zero-order valence-corrected chi connectivity index (χ0v) is 15.5. The molecule has 1 amide bonds. The van der Waals surface area contributed by atoms with Gasteiger partial charge < -0.3 is 10.1 Å². The van der Waals surface area contributed by atoms with Crippen LogP contribution in [0.1, 0.15) is 30.7 Å². The number of benzene rings is 1. The monoisotopic (exact) mass is 358 g/mol. The summed E-state index contributed by atoms with van der Waals surface area (Å²) in [6.07, 6.45) is 2.46. The molecule has 0 radical (unpaired) electrons. The number of hydrogen-bond acceptors (Lipinski definition) is 4. The summed E-state index contributed by atoms with van der Waals surface area (Å²) in [6.45, 7) is 5.20. The lowest BCUT2D eigenvalue weighted by atomic mass is 9.97.